The average Bonchev–Trinajstić information content (AvgIpc) is 3.31. The number of nitrogens with zero attached hydrogens (tertiary/aromatic N) is 2. The van der Waals surface area contributed by atoms with Gasteiger partial charge in [-0.25, -0.2) is 9.78 Å². The Kier molecular flexibility index (Phi) is 2.96. The van der Waals surface area contributed by atoms with Gasteiger partial charge in [-0.15, -0.1) is 0 Å². The summed E-state index contributed by atoms with van der Waals surface area (Å²) in [5.41, 5.74) is 3.59. The first kappa shape index (κ1) is 13.1. The van der Waals surface area contributed by atoms with E-state index in [-0.39, 0.29) is 0 Å². The fourth-order valence-electron chi connectivity index (χ4n) is 2.85. The van der Waals surface area contributed by atoms with Crippen molar-refractivity contribution in [1.82, 2.24) is 9.55 Å². The molecule has 22 heavy (non-hydrogen) atoms. The Hall–Kier alpha value is -2.62. The van der Waals surface area contributed by atoms with Crippen LogP contribution < -0.4 is 0 Å². The largest absolute Gasteiger partial charge is 0.478 e. The van der Waals surface area contributed by atoms with Crippen molar-refractivity contribution in [3.63, 3.8) is 0 Å². The zero-order valence-electron chi connectivity index (χ0n) is 12.1. The van der Waals surface area contributed by atoms with Gasteiger partial charge in [0, 0.05) is 12.5 Å². The minimum atomic E-state index is -0.890. The molecular weight excluding hydrogens is 276 g/mol. The quantitative estimate of drug-likeness (QED) is 0.798. The first-order valence-electron chi connectivity index (χ1n) is 7.50. The number of hydrogen-bond acceptors (Lipinski definition) is 2. The maximum Gasteiger partial charge on any atom is 0.335 e. The Morgan fingerprint density at radius 1 is 1.14 bits per heavy atom. The molecule has 0 amide bonds. The number of para-hydroxylation sites is 2. The zero-order valence-corrected chi connectivity index (χ0v) is 12.1. The van der Waals surface area contributed by atoms with Gasteiger partial charge in [0.25, 0.3) is 0 Å². The lowest BCUT2D eigenvalue weighted by Crippen LogP contribution is -2.05. The molecule has 1 aliphatic carbocycles. The summed E-state index contributed by atoms with van der Waals surface area (Å²) >= 11 is 0. The molecule has 3 aromatic rings. The minimum absolute atomic E-state index is 0.321. The lowest BCUT2D eigenvalue weighted by atomic mass is 10.1. The van der Waals surface area contributed by atoms with Crippen LogP contribution >= 0.6 is 0 Å². The topological polar surface area (TPSA) is 55.1 Å². The van der Waals surface area contributed by atoms with Crippen LogP contribution in [0.2, 0.25) is 0 Å². The summed E-state index contributed by atoms with van der Waals surface area (Å²) in [5.74, 6) is 0.840. The van der Waals surface area contributed by atoms with E-state index in [1.54, 1.807) is 12.1 Å². The number of carboxylic acids is 1. The van der Waals surface area contributed by atoms with E-state index in [2.05, 4.69) is 10.6 Å². The van der Waals surface area contributed by atoms with E-state index in [0.29, 0.717) is 11.5 Å². The van der Waals surface area contributed by atoms with Crippen molar-refractivity contribution < 1.29 is 9.90 Å². The van der Waals surface area contributed by atoms with Gasteiger partial charge in [-0.2, -0.15) is 0 Å². The lowest BCUT2D eigenvalue weighted by Gasteiger charge is -2.09. The molecule has 0 atom stereocenters. The van der Waals surface area contributed by atoms with Crippen LogP contribution in [0.4, 0.5) is 0 Å². The maximum absolute atomic E-state index is 10.9. The van der Waals surface area contributed by atoms with Gasteiger partial charge in [0.15, 0.2) is 0 Å². The Labute approximate surface area is 128 Å². The molecule has 0 bridgehead atoms. The first-order chi connectivity index (χ1) is 10.7. The molecule has 4 nitrogen and oxygen atoms in total. The van der Waals surface area contributed by atoms with Gasteiger partial charge in [-0.05, 0) is 42.7 Å². The van der Waals surface area contributed by atoms with Crippen LogP contribution in [0.25, 0.3) is 11.0 Å². The molecular formula is C18H16N2O2. The highest BCUT2D eigenvalue weighted by molar-refractivity contribution is 5.87. The predicted octanol–water partition coefficient (Wildman–Crippen LogP) is 3.66. The third-order valence-electron chi connectivity index (χ3n) is 4.17. The molecule has 2 aromatic carbocycles. The molecule has 0 saturated heterocycles. The molecule has 110 valence electrons. The van der Waals surface area contributed by atoms with Crippen molar-refractivity contribution in [1.29, 1.82) is 0 Å². The van der Waals surface area contributed by atoms with E-state index in [0.717, 1.165) is 29.0 Å². The van der Waals surface area contributed by atoms with Crippen LogP contribution in [0, 0.1) is 0 Å². The second kappa shape index (κ2) is 4.98. The molecule has 1 fully saturated rings. The molecule has 0 aliphatic heterocycles. The Bertz CT molecular complexity index is 845. The molecule has 1 saturated carbocycles. The van der Waals surface area contributed by atoms with Crippen LogP contribution in [0.5, 0.6) is 0 Å². The first-order valence-corrected chi connectivity index (χ1v) is 7.50. The van der Waals surface area contributed by atoms with Crippen LogP contribution in [0.15, 0.2) is 48.5 Å². The summed E-state index contributed by atoms with van der Waals surface area (Å²) in [6, 6.07) is 15.3. The number of carbonyl (C=O) groups is 1. The second-order valence-electron chi connectivity index (χ2n) is 5.82. The van der Waals surface area contributed by atoms with Gasteiger partial charge >= 0.3 is 5.97 Å². The zero-order chi connectivity index (χ0) is 15.1. The Morgan fingerprint density at radius 3 is 2.55 bits per heavy atom. The van der Waals surface area contributed by atoms with Crippen molar-refractivity contribution in [3.05, 3.63) is 65.5 Å². The molecule has 1 heterocycles. The average molecular weight is 292 g/mol. The van der Waals surface area contributed by atoms with E-state index in [9.17, 15) is 4.79 Å². The van der Waals surface area contributed by atoms with Crippen molar-refractivity contribution in [2.75, 3.05) is 0 Å². The lowest BCUT2D eigenvalue weighted by molar-refractivity contribution is 0.0697. The van der Waals surface area contributed by atoms with Crippen molar-refractivity contribution >= 4 is 17.0 Å². The van der Waals surface area contributed by atoms with Crippen molar-refractivity contribution in [2.45, 2.75) is 25.3 Å². The van der Waals surface area contributed by atoms with E-state index in [1.165, 1.54) is 12.8 Å². The summed E-state index contributed by atoms with van der Waals surface area (Å²) < 4.78 is 2.27. The van der Waals surface area contributed by atoms with Gasteiger partial charge in [-0.3, -0.25) is 0 Å². The normalized spacial score (nSPS) is 14.4. The highest BCUT2D eigenvalue weighted by Crippen LogP contribution is 2.40. The Balaban J connectivity index is 1.73. The minimum Gasteiger partial charge on any atom is -0.478 e. The van der Waals surface area contributed by atoms with Crippen LogP contribution in [-0.4, -0.2) is 20.6 Å². The van der Waals surface area contributed by atoms with Crippen LogP contribution in [-0.2, 0) is 6.54 Å². The van der Waals surface area contributed by atoms with Crippen LogP contribution in [0.3, 0.4) is 0 Å². The van der Waals surface area contributed by atoms with Crippen molar-refractivity contribution in [3.8, 4) is 0 Å². The molecule has 4 rings (SSSR count). The number of rotatable bonds is 4. The standard InChI is InChI=1S/C18H16N2O2/c21-18(22)14-7-5-12(6-8-14)11-20-16-4-2-1-3-15(16)19-17(20)13-9-10-13/h1-8,13H,9-11H2,(H,21,22). The molecule has 0 unspecified atom stereocenters. The van der Waals surface area contributed by atoms with Crippen molar-refractivity contribution in [2.24, 2.45) is 0 Å². The van der Waals surface area contributed by atoms with Gasteiger partial charge in [-0.1, -0.05) is 24.3 Å². The molecule has 0 spiro atoms. The van der Waals surface area contributed by atoms with Gasteiger partial charge in [0.1, 0.15) is 5.82 Å². The van der Waals surface area contributed by atoms with E-state index in [4.69, 9.17) is 10.1 Å². The molecule has 1 aliphatic rings. The molecule has 4 heteroatoms. The third kappa shape index (κ3) is 2.26. The summed E-state index contributed by atoms with van der Waals surface area (Å²) in [4.78, 5) is 15.7. The number of aromatic nitrogens is 2. The number of carboxylic acid groups (broad SMARTS) is 1. The van der Waals surface area contributed by atoms with E-state index in [1.807, 2.05) is 30.3 Å². The highest BCUT2D eigenvalue weighted by Gasteiger charge is 2.29. The fourth-order valence-corrected chi connectivity index (χ4v) is 2.85. The maximum atomic E-state index is 10.9. The van der Waals surface area contributed by atoms with Gasteiger partial charge < -0.3 is 9.67 Å². The fraction of sp³-hybridized carbons (Fsp3) is 0.222. The van der Waals surface area contributed by atoms with E-state index >= 15 is 0 Å². The van der Waals surface area contributed by atoms with Gasteiger partial charge in [0.05, 0.1) is 16.6 Å². The highest BCUT2D eigenvalue weighted by atomic mass is 16.4. The number of aromatic carboxylic acids is 1. The van der Waals surface area contributed by atoms with E-state index < -0.39 is 5.97 Å². The SMILES string of the molecule is O=C(O)c1ccc(Cn2c(C3CC3)nc3ccccc32)cc1. The summed E-state index contributed by atoms with van der Waals surface area (Å²) in [6.45, 7) is 0.728. The molecule has 0 radical (unpaired) electrons. The molecule has 1 N–H and O–H groups in total. The summed E-state index contributed by atoms with van der Waals surface area (Å²) in [6.07, 6.45) is 2.42. The second-order valence-corrected chi connectivity index (χ2v) is 5.82. The number of fused-ring (bicyclic) bond motifs is 1. The number of imidazole rings is 1. The number of hydrogen-bond donors (Lipinski definition) is 1. The summed E-state index contributed by atoms with van der Waals surface area (Å²) in [7, 11) is 0. The monoisotopic (exact) mass is 292 g/mol. The van der Waals surface area contributed by atoms with Gasteiger partial charge in [0.2, 0.25) is 0 Å². The third-order valence-corrected chi connectivity index (χ3v) is 4.17. The summed E-state index contributed by atoms with van der Waals surface area (Å²) in [5, 5.41) is 8.98. The van der Waals surface area contributed by atoms with Crippen LogP contribution in [0.1, 0.15) is 40.5 Å². The predicted molar refractivity (Wildman–Crippen MR) is 84.2 cm³/mol. The Morgan fingerprint density at radius 2 is 1.86 bits per heavy atom. The molecule has 1 aromatic heterocycles. The number of benzene rings is 2. The smallest absolute Gasteiger partial charge is 0.335 e.